The van der Waals surface area contributed by atoms with Crippen LogP contribution in [-0.4, -0.2) is 29.5 Å². The van der Waals surface area contributed by atoms with Crippen LogP contribution in [0.25, 0.3) is 0 Å². The van der Waals surface area contributed by atoms with Gasteiger partial charge in [0.05, 0.1) is 18.3 Å². The molecule has 0 aliphatic carbocycles. The highest BCUT2D eigenvalue weighted by atomic mass is 16.5. The fourth-order valence-electron chi connectivity index (χ4n) is 1.56. The van der Waals surface area contributed by atoms with Gasteiger partial charge in [-0.2, -0.15) is 0 Å². The van der Waals surface area contributed by atoms with Crippen molar-refractivity contribution in [2.75, 3.05) is 6.61 Å². The molecule has 18 heavy (non-hydrogen) atoms. The third kappa shape index (κ3) is 5.17. The molecule has 102 valence electrons. The average molecular weight is 251 g/mol. The van der Waals surface area contributed by atoms with Crippen molar-refractivity contribution >= 4 is 0 Å². The minimum absolute atomic E-state index is 0.201. The Morgan fingerprint density at radius 2 is 1.89 bits per heavy atom. The van der Waals surface area contributed by atoms with E-state index in [4.69, 9.17) is 10.5 Å². The molecule has 3 heteroatoms. The van der Waals surface area contributed by atoms with Crippen molar-refractivity contribution in [2.45, 2.75) is 51.4 Å². The monoisotopic (exact) mass is 251 g/mol. The molecule has 2 atom stereocenters. The fourth-order valence-corrected chi connectivity index (χ4v) is 1.56. The lowest BCUT2D eigenvalue weighted by Crippen LogP contribution is -2.41. The van der Waals surface area contributed by atoms with Gasteiger partial charge in [0.15, 0.2) is 0 Å². The highest BCUT2D eigenvalue weighted by Crippen LogP contribution is 2.14. The van der Waals surface area contributed by atoms with Crippen molar-refractivity contribution in [3.05, 3.63) is 35.9 Å². The molecule has 0 saturated heterocycles. The van der Waals surface area contributed by atoms with Gasteiger partial charge in [-0.1, -0.05) is 37.3 Å². The summed E-state index contributed by atoms with van der Waals surface area (Å²) < 4.78 is 5.67. The van der Waals surface area contributed by atoms with Gasteiger partial charge in [0, 0.05) is 6.04 Å². The van der Waals surface area contributed by atoms with E-state index in [1.165, 1.54) is 0 Å². The van der Waals surface area contributed by atoms with Crippen LogP contribution in [0.3, 0.4) is 0 Å². The molecule has 0 aliphatic heterocycles. The van der Waals surface area contributed by atoms with Crippen molar-refractivity contribution in [3.63, 3.8) is 0 Å². The summed E-state index contributed by atoms with van der Waals surface area (Å²) in [7, 11) is 0. The molecule has 0 saturated carbocycles. The number of hydrogen-bond donors (Lipinski definition) is 2. The summed E-state index contributed by atoms with van der Waals surface area (Å²) in [6.45, 7) is 6.38. The quantitative estimate of drug-likeness (QED) is 0.780. The largest absolute Gasteiger partial charge is 0.389 e. The van der Waals surface area contributed by atoms with Crippen molar-refractivity contribution in [1.82, 2.24) is 0 Å². The zero-order valence-electron chi connectivity index (χ0n) is 11.6. The predicted molar refractivity (Wildman–Crippen MR) is 74.5 cm³/mol. The van der Waals surface area contributed by atoms with Gasteiger partial charge in [-0.05, 0) is 32.3 Å². The third-order valence-corrected chi connectivity index (χ3v) is 3.30. The van der Waals surface area contributed by atoms with Gasteiger partial charge in [0.25, 0.3) is 0 Å². The number of hydrogen-bond acceptors (Lipinski definition) is 3. The third-order valence-electron chi connectivity index (χ3n) is 3.30. The van der Waals surface area contributed by atoms with E-state index in [0.717, 1.165) is 12.0 Å². The molecule has 0 amide bonds. The van der Waals surface area contributed by atoms with Gasteiger partial charge >= 0.3 is 0 Å². The van der Waals surface area contributed by atoms with E-state index in [1.807, 2.05) is 44.2 Å². The minimum Gasteiger partial charge on any atom is -0.389 e. The van der Waals surface area contributed by atoms with Crippen LogP contribution in [0.4, 0.5) is 0 Å². The van der Waals surface area contributed by atoms with Crippen LogP contribution < -0.4 is 5.73 Å². The molecule has 0 fully saturated rings. The van der Waals surface area contributed by atoms with Gasteiger partial charge < -0.3 is 15.6 Å². The minimum atomic E-state index is -0.629. The Hall–Kier alpha value is -0.900. The summed E-state index contributed by atoms with van der Waals surface area (Å²) in [6.07, 6.45) is 0.946. The first-order valence-electron chi connectivity index (χ1n) is 6.56. The Morgan fingerprint density at radius 1 is 1.28 bits per heavy atom. The van der Waals surface area contributed by atoms with Crippen LogP contribution >= 0.6 is 0 Å². The normalized spacial score (nSPS) is 15.4. The molecule has 3 N–H and O–H groups in total. The molecular weight excluding hydrogens is 226 g/mol. The second-order valence-electron chi connectivity index (χ2n) is 5.35. The summed E-state index contributed by atoms with van der Waals surface area (Å²) in [5, 5.41) is 9.99. The van der Waals surface area contributed by atoms with Crippen molar-refractivity contribution in [1.29, 1.82) is 0 Å². The smallest absolute Gasteiger partial charge is 0.0927 e. The highest BCUT2D eigenvalue weighted by molar-refractivity contribution is 5.16. The topological polar surface area (TPSA) is 55.5 Å². The summed E-state index contributed by atoms with van der Waals surface area (Å²) in [4.78, 5) is 0. The molecule has 0 aliphatic rings. The molecule has 0 spiro atoms. The van der Waals surface area contributed by atoms with Gasteiger partial charge in [-0.3, -0.25) is 0 Å². The van der Waals surface area contributed by atoms with Crippen LogP contribution in [-0.2, 0) is 11.2 Å². The molecule has 0 radical (unpaired) electrons. The Bertz CT molecular complexity index is 338. The van der Waals surface area contributed by atoms with E-state index in [1.54, 1.807) is 0 Å². The fraction of sp³-hybridized carbons (Fsp3) is 0.600. The first kappa shape index (κ1) is 15.2. The van der Waals surface area contributed by atoms with Crippen molar-refractivity contribution < 1.29 is 9.84 Å². The molecule has 0 bridgehead atoms. The average Bonchev–Trinajstić information content (AvgIpc) is 2.37. The van der Waals surface area contributed by atoms with E-state index in [9.17, 15) is 5.11 Å². The summed E-state index contributed by atoms with van der Waals surface area (Å²) in [5.41, 5.74) is 6.93. The first-order valence-corrected chi connectivity index (χ1v) is 6.56. The number of ether oxygens (including phenoxy) is 1. The molecule has 0 heterocycles. The van der Waals surface area contributed by atoms with Crippen LogP contribution in [0.2, 0.25) is 0 Å². The van der Waals surface area contributed by atoms with E-state index in [2.05, 4.69) is 6.92 Å². The lowest BCUT2D eigenvalue weighted by molar-refractivity contribution is -0.0661. The number of nitrogens with two attached hydrogens (primary N) is 1. The van der Waals surface area contributed by atoms with Crippen LogP contribution in [0.1, 0.15) is 32.8 Å². The predicted octanol–water partition coefficient (Wildman–Crippen LogP) is 2.12. The number of aliphatic hydroxyl groups excluding tert-OH is 1. The molecule has 1 rings (SSSR count). The van der Waals surface area contributed by atoms with Crippen LogP contribution in [0, 0.1) is 0 Å². The van der Waals surface area contributed by atoms with Gasteiger partial charge in [-0.15, -0.1) is 0 Å². The number of rotatable bonds is 7. The molecule has 1 aromatic rings. The van der Waals surface area contributed by atoms with E-state index in [0.29, 0.717) is 6.42 Å². The second kappa shape index (κ2) is 6.88. The van der Waals surface area contributed by atoms with Gasteiger partial charge in [-0.25, -0.2) is 0 Å². The van der Waals surface area contributed by atoms with E-state index >= 15 is 0 Å². The Balaban J connectivity index is 2.40. The van der Waals surface area contributed by atoms with Gasteiger partial charge in [0.2, 0.25) is 0 Å². The lowest BCUT2D eigenvalue weighted by Gasteiger charge is -2.27. The second-order valence-corrected chi connectivity index (χ2v) is 5.35. The van der Waals surface area contributed by atoms with Crippen molar-refractivity contribution in [3.8, 4) is 0 Å². The standard InChI is InChI=1S/C15H25NO2/c1-4-15(2,3)18-11-14(17)13(16)10-12-8-6-5-7-9-12/h5-9,13-14,17H,4,10-11,16H2,1-3H3. The van der Waals surface area contributed by atoms with Crippen molar-refractivity contribution in [2.24, 2.45) is 5.73 Å². The number of aliphatic hydroxyl groups is 1. The van der Waals surface area contributed by atoms with E-state index in [-0.39, 0.29) is 18.2 Å². The maximum atomic E-state index is 9.99. The van der Waals surface area contributed by atoms with Crippen LogP contribution in [0.15, 0.2) is 30.3 Å². The zero-order valence-corrected chi connectivity index (χ0v) is 11.6. The number of benzene rings is 1. The molecule has 3 nitrogen and oxygen atoms in total. The summed E-state index contributed by atoms with van der Waals surface area (Å²) in [5.74, 6) is 0. The maximum absolute atomic E-state index is 9.99. The zero-order chi connectivity index (χ0) is 13.6. The van der Waals surface area contributed by atoms with E-state index < -0.39 is 6.10 Å². The summed E-state index contributed by atoms with van der Waals surface area (Å²) in [6, 6.07) is 9.67. The first-order chi connectivity index (χ1) is 8.44. The lowest BCUT2D eigenvalue weighted by atomic mass is 10.0. The molecule has 2 unspecified atom stereocenters. The van der Waals surface area contributed by atoms with Gasteiger partial charge in [0.1, 0.15) is 0 Å². The molecular formula is C15H25NO2. The summed E-state index contributed by atoms with van der Waals surface area (Å²) >= 11 is 0. The maximum Gasteiger partial charge on any atom is 0.0927 e. The Kier molecular flexibility index (Phi) is 5.79. The Labute approximate surface area is 110 Å². The van der Waals surface area contributed by atoms with Crippen LogP contribution in [0.5, 0.6) is 0 Å². The molecule has 0 aromatic heterocycles. The highest BCUT2D eigenvalue weighted by Gasteiger charge is 2.21. The molecule has 1 aromatic carbocycles. The SMILES string of the molecule is CCC(C)(C)OCC(O)C(N)Cc1ccccc1. The Morgan fingerprint density at radius 3 is 2.44 bits per heavy atom.